The first-order valence-corrected chi connectivity index (χ1v) is 9.45. The molecule has 3 rings (SSSR count). The molecule has 0 N–H and O–H groups in total. The second kappa shape index (κ2) is 6.86. The van der Waals surface area contributed by atoms with Gasteiger partial charge in [0.1, 0.15) is 5.82 Å². The topological polar surface area (TPSA) is 38.1 Å². The molecule has 1 aromatic rings. The Balaban J connectivity index is 1.56. The second-order valence-corrected chi connectivity index (χ2v) is 7.19. The summed E-state index contributed by atoms with van der Waals surface area (Å²) < 4.78 is 2.37. The summed E-state index contributed by atoms with van der Waals surface area (Å²) in [6.07, 6.45) is 12.3. The van der Waals surface area contributed by atoms with Crippen LogP contribution in [0.1, 0.15) is 43.8 Å². The zero-order valence-electron chi connectivity index (χ0n) is 12.8. The molecule has 0 aromatic carbocycles. The van der Waals surface area contributed by atoms with Crippen molar-refractivity contribution in [1.29, 1.82) is 0 Å². The second-order valence-electron chi connectivity index (χ2n) is 6.32. The number of imidazole rings is 1. The molecule has 4 nitrogen and oxygen atoms in total. The summed E-state index contributed by atoms with van der Waals surface area (Å²) >= 11 is 1.61. The molecule has 0 atom stereocenters. The number of carbonyl (C=O) groups excluding carboxylic acids is 1. The predicted octanol–water partition coefficient (Wildman–Crippen LogP) is 2.75. The monoisotopic (exact) mass is 307 g/mol. The van der Waals surface area contributed by atoms with Crippen molar-refractivity contribution in [3.63, 3.8) is 0 Å². The molecule has 1 aromatic heterocycles. The molecule has 5 heteroatoms. The van der Waals surface area contributed by atoms with E-state index in [1.165, 1.54) is 25.1 Å². The maximum absolute atomic E-state index is 11.9. The van der Waals surface area contributed by atoms with Gasteiger partial charge in [0.05, 0.1) is 5.75 Å². The summed E-state index contributed by atoms with van der Waals surface area (Å²) in [6, 6.07) is 0. The zero-order chi connectivity index (χ0) is 14.7. The fourth-order valence-electron chi connectivity index (χ4n) is 3.39. The highest BCUT2D eigenvalue weighted by molar-refractivity contribution is 7.99. The van der Waals surface area contributed by atoms with Gasteiger partial charge in [-0.15, -0.1) is 0 Å². The number of nitrogens with zero attached hydrogens (tertiary/aromatic N) is 3. The number of hydrogen-bond acceptors (Lipinski definition) is 3. The highest BCUT2D eigenvalue weighted by atomic mass is 32.2. The van der Waals surface area contributed by atoms with E-state index in [1.807, 2.05) is 17.4 Å². The van der Waals surface area contributed by atoms with Crippen LogP contribution in [-0.4, -0.2) is 45.5 Å². The number of amides is 1. The summed E-state index contributed by atoms with van der Waals surface area (Å²) in [4.78, 5) is 18.6. The molecule has 1 saturated carbocycles. The lowest BCUT2D eigenvalue weighted by atomic mass is 9.85. The van der Waals surface area contributed by atoms with E-state index in [-0.39, 0.29) is 0 Å². The van der Waals surface area contributed by atoms with Crippen LogP contribution in [0.4, 0.5) is 0 Å². The van der Waals surface area contributed by atoms with E-state index >= 15 is 0 Å². The van der Waals surface area contributed by atoms with E-state index in [9.17, 15) is 4.79 Å². The first kappa shape index (κ1) is 14.9. The van der Waals surface area contributed by atoms with Crippen LogP contribution >= 0.6 is 11.8 Å². The summed E-state index contributed by atoms with van der Waals surface area (Å²) in [7, 11) is 0. The Hall–Kier alpha value is -0.970. The lowest BCUT2D eigenvalue weighted by molar-refractivity contribution is -0.129. The molecule has 1 aliphatic heterocycles. The minimum absolute atomic E-state index is 0.291. The third-order valence-electron chi connectivity index (χ3n) is 4.91. The Kier molecular flexibility index (Phi) is 4.88. The summed E-state index contributed by atoms with van der Waals surface area (Å²) in [5, 5.41) is 0. The van der Waals surface area contributed by atoms with Crippen LogP contribution in [0.25, 0.3) is 0 Å². The van der Waals surface area contributed by atoms with Gasteiger partial charge in [-0.2, -0.15) is 11.8 Å². The van der Waals surface area contributed by atoms with Crippen LogP contribution < -0.4 is 0 Å². The summed E-state index contributed by atoms with van der Waals surface area (Å²) in [6.45, 7) is 2.92. The van der Waals surface area contributed by atoms with Crippen LogP contribution in [0.5, 0.6) is 0 Å². The SMILES string of the molecule is CSCC(=O)N1CCC(c2nccn2CC2CCC2)CC1. The minimum atomic E-state index is 0.291. The van der Waals surface area contributed by atoms with Crippen LogP contribution in [0, 0.1) is 5.92 Å². The Morgan fingerprint density at radius 2 is 2.10 bits per heavy atom. The van der Waals surface area contributed by atoms with E-state index < -0.39 is 0 Å². The van der Waals surface area contributed by atoms with Gasteiger partial charge in [0.2, 0.25) is 5.91 Å². The Morgan fingerprint density at radius 3 is 2.71 bits per heavy atom. The van der Waals surface area contributed by atoms with Crippen LogP contribution in [0.2, 0.25) is 0 Å². The fraction of sp³-hybridized carbons (Fsp3) is 0.750. The van der Waals surface area contributed by atoms with Gasteiger partial charge in [-0.3, -0.25) is 4.79 Å². The molecule has 0 spiro atoms. The van der Waals surface area contributed by atoms with Crippen molar-refractivity contribution in [2.24, 2.45) is 5.92 Å². The lowest BCUT2D eigenvalue weighted by Gasteiger charge is -2.33. The molecular formula is C16H25N3OS. The smallest absolute Gasteiger partial charge is 0.232 e. The molecule has 2 aliphatic rings. The average Bonchev–Trinajstić information content (AvgIpc) is 2.91. The standard InChI is InChI=1S/C16H25N3OS/c1-21-12-15(20)18-8-5-14(6-9-18)16-17-7-10-19(16)11-13-3-2-4-13/h7,10,13-14H,2-6,8-9,11-12H2,1H3. The minimum Gasteiger partial charge on any atom is -0.342 e. The highest BCUT2D eigenvalue weighted by Crippen LogP contribution is 2.31. The van der Waals surface area contributed by atoms with Gasteiger partial charge in [-0.1, -0.05) is 6.42 Å². The van der Waals surface area contributed by atoms with E-state index in [0.717, 1.165) is 38.4 Å². The number of aromatic nitrogens is 2. The quantitative estimate of drug-likeness (QED) is 0.839. The highest BCUT2D eigenvalue weighted by Gasteiger charge is 2.27. The van der Waals surface area contributed by atoms with E-state index in [4.69, 9.17) is 0 Å². The Bertz CT molecular complexity index is 476. The molecule has 1 amide bonds. The molecule has 116 valence electrons. The fourth-order valence-corrected chi connectivity index (χ4v) is 3.82. The largest absolute Gasteiger partial charge is 0.342 e. The van der Waals surface area contributed by atoms with Crippen molar-refractivity contribution in [1.82, 2.24) is 14.5 Å². The van der Waals surface area contributed by atoms with Crippen molar-refractivity contribution in [3.8, 4) is 0 Å². The first-order chi connectivity index (χ1) is 10.3. The number of thioether (sulfide) groups is 1. The lowest BCUT2D eigenvalue weighted by Crippen LogP contribution is -2.39. The van der Waals surface area contributed by atoms with Crippen molar-refractivity contribution >= 4 is 17.7 Å². The van der Waals surface area contributed by atoms with Crippen LogP contribution in [-0.2, 0) is 11.3 Å². The van der Waals surface area contributed by atoms with Gasteiger partial charge in [-0.25, -0.2) is 4.98 Å². The van der Waals surface area contributed by atoms with Gasteiger partial charge in [0.15, 0.2) is 0 Å². The van der Waals surface area contributed by atoms with Gasteiger partial charge in [0, 0.05) is 37.9 Å². The Labute approximate surface area is 131 Å². The van der Waals surface area contributed by atoms with Gasteiger partial charge in [-0.05, 0) is 37.9 Å². The van der Waals surface area contributed by atoms with Crippen molar-refractivity contribution in [2.45, 2.75) is 44.6 Å². The Morgan fingerprint density at radius 1 is 1.33 bits per heavy atom. The maximum atomic E-state index is 11.9. The number of piperidine rings is 1. The summed E-state index contributed by atoms with van der Waals surface area (Å²) in [5.41, 5.74) is 0. The van der Waals surface area contributed by atoms with Crippen molar-refractivity contribution < 1.29 is 4.79 Å². The van der Waals surface area contributed by atoms with E-state index in [1.54, 1.807) is 11.8 Å². The van der Waals surface area contributed by atoms with Gasteiger partial charge in [0.25, 0.3) is 0 Å². The number of hydrogen-bond donors (Lipinski definition) is 0. The van der Waals surface area contributed by atoms with Crippen LogP contribution in [0.15, 0.2) is 12.4 Å². The normalized spacial score (nSPS) is 20.5. The number of likely N-dealkylation sites (tertiary alicyclic amines) is 1. The van der Waals surface area contributed by atoms with E-state index in [0.29, 0.717) is 17.6 Å². The predicted molar refractivity (Wildman–Crippen MR) is 86.5 cm³/mol. The average molecular weight is 307 g/mol. The number of carbonyl (C=O) groups is 1. The molecule has 2 heterocycles. The molecule has 21 heavy (non-hydrogen) atoms. The van der Waals surface area contributed by atoms with Gasteiger partial charge < -0.3 is 9.47 Å². The summed E-state index contributed by atoms with van der Waals surface area (Å²) in [5.74, 6) is 3.54. The molecule has 0 radical (unpaired) electrons. The molecular weight excluding hydrogens is 282 g/mol. The molecule has 1 aliphatic carbocycles. The van der Waals surface area contributed by atoms with Crippen LogP contribution in [0.3, 0.4) is 0 Å². The zero-order valence-corrected chi connectivity index (χ0v) is 13.6. The van der Waals surface area contributed by atoms with Crippen molar-refractivity contribution in [3.05, 3.63) is 18.2 Å². The van der Waals surface area contributed by atoms with E-state index in [2.05, 4.69) is 15.7 Å². The number of rotatable bonds is 5. The molecule has 0 unspecified atom stereocenters. The molecule has 2 fully saturated rings. The maximum Gasteiger partial charge on any atom is 0.232 e. The molecule has 0 bridgehead atoms. The first-order valence-electron chi connectivity index (χ1n) is 8.05. The third kappa shape index (κ3) is 3.44. The molecule has 1 saturated heterocycles. The van der Waals surface area contributed by atoms with Gasteiger partial charge >= 0.3 is 0 Å². The van der Waals surface area contributed by atoms with Crippen molar-refractivity contribution in [2.75, 3.05) is 25.1 Å². The third-order valence-corrected chi connectivity index (χ3v) is 5.44.